The molecule has 3 nitrogen and oxygen atoms in total. The van der Waals surface area contributed by atoms with Gasteiger partial charge in [-0.2, -0.15) is 0 Å². The van der Waals surface area contributed by atoms with E-state index < -0.39 is 17.5 Å². The maximum atomic E-state index is 13.6. The summed E-state index contributed by atoms with van der Waals surface area (Å²) < 4.78 is 26.6. The molecule has 2 rings (SSSR count). The predicted molar refractivity (Wildman–Crippen MR) is 75.1 cm³/mol. The molecule has 104 valence electrons. The standard InChI is InChI=1S/C13H7BrClF2NO2/c14-9-4-7(16)5-10(17)12(9)18-13(20)8-2-1-6(15)3-11(8)19/h1-5,19H,(H,18,20). The number of halogens is 4. The fourth-order valence-electron chi connectivity index (χ4n) is 1.54. The van der Waals surface area contributed by atoms with E-state index in [1.165, 1.54) is 18.2 Å². The first-order valence-electron chi connectivity index (χ1n) is 5.33. The van der Waals surface area contributed by atoms with Gasteiger partial charge in [0.15, 0.2) is 5.82 Å². The number of carbonyl (C=O) groups excluding carboxylic acids is 1. The van der Waals surface area contributed by atoms with E-state index in [9.17, 15) is 18.7 Å². The van der Waals surface area contributed by atoms with Crippen LogP contribution in [-0.4, -0.2) is 11.0 Å². The minimum Gasteiger partial charge on any atom is -0.507 e. The van der Waals surface area contributed by atoms with E-state index in [4.69, 9.17) is 11.6 Å². The highest BCUT2D eigenvalue weighted by Gasteiger charge is 2.16. The fourth-order valence-corrected chi connectivity index (χ4v) is 2.21. The first kappa shape index (κ1) is 14.7. The molecule has 0 saturated heterocycles. The van der Waals surface area contributed by atoms with Crippen LogP contribution in [0.5, 0.6) is 5.75 Å². The van der Waals surface area contributed by atoms with E-state index in [2.05, 4.69) is 21.2 Å². The van der Waals surface area contributed by atoms with Crippen LogP contribution in [-0.2, 0) is 0 Å². The van der Waals surface area contributed by atoms with Crippen molar-refractivity contribution in [1.82, 2.24) is 0 Å². The van der Waals surface area contributed by atoms with Crippen molar-refractivity contribution < 1.29 is 18.7 Å². The zero-order chi connectivity index (χ0) is 14.9. The Morgan fingerprint density at radius 1 is 1.25 bits per heavy atom. The average molecular weight is 363 g/mol. The molecule has 1 amide bonds. The summed E-state index contributed by atoms with van der Waals surface area (Å²) in [5.74, 6) is -2.79. The molecule has 0 aliphatic rings. The molecule has 20 heavy (non-hydrogen) atoms. The smallest absolute Gasteiger partial charge is 0.259 e. The molecule has 0 aliphatic carbocycles. The highest BCUT2D eigenvalue weighted by Crippen LogP contribution is 2.29. The Morgan fingerprint density at radius 3 is 2.55 bits per heavy atom. The van der Waals surface area contributed by atoms with Crippen molar-refractivity contribution in [2.24, 2.45) is 0 Å². The van der Waals surface area contributed by atoms with E-state index in [-0.39, 0.29) is 26.5 Å². The first-order valence-corrected chi connectivity index (χ1v) is 6.50. The third kappa shape index (κ3) is 3.08. The Bertz CT molecular complexity index is 671. The van der Waals surface area contributed by atoms with E-state index in [0.29, 0.717) is 6.07 Å². The van der Waals surface area contributed by atoms with Gasteiger partial charge in [-0.3, -0.25) is 4.79 Å². The number of amides is 1. The number of phenols is 1. The maximum absolute atomic E-state index is 13.6. The second-order valence-electron chi connectivity index (χ2n) is 3.86. The molecule has 0 aliphatic heterocycles. The van der Waals surface area contributed by atoms with Crippen molar-refractivity contribution in [1.29, 1.82) is 0 Å². The Balaban J connectivity index is 2.33. The molecule has 0 fully saturated rings. The van der Waals surface area contributed by atoms with Crippen molar-refractivity contribution in [2.45, 2.75) is 0 Å². The first-order chi connectivity index (χ1) is 9.38. The number of rotatable bonds is 2. The van der Waals surface area contributed by atoms with E-state index in [1.807, 2.05) is 0 Å². The van der Waals surface area contributed by atoms with Crippen molar-refractivity contribution in [2.75, 3.05) is 5.32 Å². The van der Waals surface area contributed by atoms with E-state index in [0.717, 1.165) is 6.07 Å². The van der Waals surface area contributed by atoms with Crippen LogP contribution < -0.4 is 5.32 Å². The van der Waals surface area contributed by atoms with Crippen LogP contribution >= 0.6 is 27.5 Å². The number of nitrogens with one attached hydrogen (secondary N) is 1. The van der Waals surface area contributed by atoms with Gasteiger partial charge < -0.3 is 10.4 Å². The molecule has 2 N–H and O–H groups in total. The van der Waals surface area contributed by atoms with Crippen LogP contribution in [0.1, 0.15) is 10.4 Å². The summed E-state index contributed by atoms with van der Waals surface area (Å²) in [5.41, 5.74) is -0.296. The minimum atomic E-state index is -0.932. The topological polar surface area (TPSA) is 49.3 Å². The van der Waals surface area contributed by atoms with Crippen LogP contribution in [0, 0.1) is 11.6 Å². The van der Waals surface area contributed by atoms with Crippen molar-refractivity contribution >= 4 is 39.1 Å². The van der Waals surface area contributed by atoms with Gasteiger partial charge in [-0.1, -0.05) is 11.6 Å². The Hall–Kier alpha value is -1.66. The normalized spacial score (nSPS) is 10.4. The molecular formula is C13H7BrClF2NO2. The summed E-state index contributed by atoms with van der Waals surface area (Å²) >= 11 is 8.60. The number of hydrogen-bond donors (Lipinski definition) is 2. The van der Waals surface area contributed by atoms with Gasteiger partial charge in [-0.25, -0.2) is 8.78 Å². The van der Waals surface area contributed by atoms with Crippen LogP contribution in [0.25, 0.3) is 0 Å². The third-order valence-corrected chi connectivity index (χ3v) is 3.31. The molecule has 0 atom stereocenters. The second kappa shape index (κ2) is 5.76. The zero-order valence-electron chi connectivity index (χ0n) is 9.75. The van der Waals surface area contributed by atoms with E-state index >= 15 is 0 Å². The predicted octanol–water partition coefficient (Wildman–Crippen LogP) is 4.34. The van der Waals surface area contributed by atoms with Gasteiger partial charge in [-0.05, 0) is 40.2 Å². The second-order valence-corrected chi connectivity index (χ2v) is 5.15. The Labute approximate surface area is 126 Å². The van der Waals surface area contributed by atoms with Gasteiger partial charge in [0.1, 0.15) is 11.6 Å². The lowest BCUT2D eigenvalue weighted by Gasteiger charge is -2.10. The van der Waals surface area contributed by atoms with Crippen molar-refractivity contribution in [3.63, 3.8) is 0 Å². The summed E-state index contributed by atoms with van der Waals surface area (Å²) in [6.45, 7) is 0. The van der Waals surface area contributed by atoms with E-state index in [1.54, 1.807) is 0 Å². The molecular weight excluding hydrogens is 356 g/mol. The molecule has 0 radical (unpaired) electrons. The van der Waals surface area contributed by atoms with Crippen molar-refractivity contribution in [3.8, 4) is 5.75 Å². The van der Waals surface area contributed by atoms with Gasteiger partial charge in [0.05, 0.1) is 11.3 Å². The summed E-state index contributed by atoms with van der Waals surface area (Å²) in [6, 6.07) is 5.55. The lowest BCUT2D eigenvalue weighted by atomic mass is 10.2. The third-order valence-electron chi connectivity index (χ3n) is 2.45. The Morgan fingerprint density at radius 2 is 1.95 bits per heavy atom. The monoisotopic (exact) mass is 361 g/mol. The van der Waals surface area contributed by atoms with Crippen LogP contribution in [0.3, 0.4) is 0 Å². The minimum absolute atomic E-state index is 0.0526. The summed E-state index contributed by atoms with van der Waals surface area (Å²) in [4.78, 5) is 11.9. The van der Waals surface area contributed by atoms with Crippen molar-refractivity contribution in [3.05, 3.63) is 57.0 Å². The highest BCUT2D eigenvalue weighted by atomic mass is 79.9. The maximum Gasteiger partial charge on any atom is 0.259 e. The van der Waals surface area contributed by atoms with Crippen LogP contribution in [0.4, 0.5) is 14.5 Å². The van der Waals surface area contributed by atoms with Gasteiger partial charge in [0, 0.05) is 15.6 Å². The number of anilines is 1. The molecule has 7 heteroatoms. The summed E-state index contributed by atoms with van der Waals surface area (Å²) in [6.07, 6.45) is 0. The zero-order valence-corrected chi connectivity index (χ0v) is 12.1. The number of carbonyl (C=O) groups is 1. The Kier molecular flexibility index (Phi) is 4.25. The number of aromatic hydroxyl groups is 1. The number of hydrogen-bond acceptors (Lipinski definition) is 2. The largest absolute Gasteiger partial charge is 0.507 e. The molecule has 0 unspecified atom stereocenters. The molecule has 0 bridgehead atoms. The lowest BCUT2D eigenvalue weighted by molar-refractivity contribution is 0.102. The van der Waals surface area contributed by atoms with Gasteiger partial charge in [-0.15, -0.1) is 0 Å². The summed E-state index contributed by atoms with van der Waals surface area (Å²) in [5, 5.41) is 12.1. The number of phenolic OH excluding ortho intramolecular Hbond substituents is 1. The molecule has 0 spiro atoms. The van der Waals surface area contributed by atoms with Gasteiger partial charge in [0.2, 0.25) is 0 Å². The fraction of sp³-hybridized carbons (Fsp3) is 0. The molecule has 2 aromatic carbocycles. The molecule has 0 saturated carbocycles. The highest BCUT2D eigenvalue weighted by molar-refractivity contribution is 9.10. The number of benzene rings is 2. The van der Waals surface area contributed by atoms with Crippen LogP contribution in [0.2, 0.25) is 5.02 Å². The van der Waals surface area contributed by atoms with Gasteiger partial charge in [0.25, 0.3) is 5.91 Å². The lowest BCUT2D eigenvalue weighted by Crippen LogP contribution is -2.14. The average Bonchev–Trinajstić information content (AvgIpc) is 2.33. The molecule has 2 aromatic rings. The van der Waals surface area contributed by atoms with Gasteiger partial charge >= 0.3 is 0 Å². The van der Waals surface area contributed by atoms with Crippen LogP contribution in [0.15, 0.2) is 34.8 Å². The quantitative estimate of drug-likeness (QED) is 0.835. The SMILES string of the molecule is O=C(Nc1c(F)cc(F)cc1Br)c1ccc(Cl)cc1O. The molecule has 0 aromatic heterocycles. The molecule has 0 heterocycles. The summed E-state index contributed by atoms with van der Waals surface area (Å²) in [7, 11) is 0.